The lowest BCUT2D eigenvalue weighted by Gasteiger charge is -2.16. The Morgan fingerprint density at radius 2 is 2.00 bits per heavy atom. The molecule has 0 radical (unpaired) electrons. The van der Waals surface area contributed by atoms with E-state index in [9.17, 15) is 4.39 Å². The molecule has 0 bridgehead atoms. The highest BCUT2D eigenvalue weighted by Crippen LogP contribution is 2.49. The molecule has 0 atom stereocenters. The van der Waals surface area contributed by atoms with Crippen LogP contribution in [0.2, 0.25) is 5.28 Å². The Kier molecular flexibility index (Phi) is 2.90. The van der Waals surface area contributed by atoms with Crippen LogP contribution in [0.4, 0.5) is 10.2 Å². The van der Waals surface area contributed by atoms with Gasteiger partial charge < -0.3 is 5.32 Å². The van der Waals surface area contributed by atoms with Crippen molar-refractivity contribution in [1.82, 2.24) is 9.97 Å². The van der Waals surface area contributed by atoms with Crippen LogP contribution in [0.15, 0.2) is 6.20 Å². The van der Waals surface area contributed by atoms with Crippen LogP contribution < -0.4 is 5.32 Å². The molecule has 0 amide bonds. The van der Waals surface area contributed by atoms with Crippen LogP contribution in [0.3, 0.4) is 0 Å². The Labute approximate surface area is 105 Å². The number of rotatable bonds is 5. The first kappa shape index (κ1) is 11.2. The summed E-state index contributed by atoms with van der Waals surface area (Å²) in [4.78, 5) is 7.47. The van der Waals surface area contributed by atoms with Crippen molar-refractivity contribution in [2.24, 2.45) is 17.8 Å². The first-order valence-corrected chi connectivity index (χ1v) is 6.54. The fourth-order valence-electron chi connectivity index (χ4n) is 2.45. The SMILES string of the molecule is Fc1cnc(Cl)nc1NCC(C1CC1)C1CC1. The highest BCUT2D eigenvalue weighted by atomic mass is 35.5. The van der Waals surface area contributed by atoms with Crippen molar-refractivity contribution in [3.05, 3.63) is 17.3 Å². The van der Waals surface area contributed by atoms with E-state index in [0.29, 0.717) is 5.92 Å². The summed E-state index contributed by atoms with van der Waals surface area (Å²) in [6.45, 7) is 0.805. The summed E-state index contributed by atoms with van der Waals surface area (Å²) < 4.78 is 13.4. The van der Waals surface area contributed by atoms with Crippen molar-refractivity contribution in [3.8, 4) is 0 Å². The quantitative estimate of drug-likeness (QED) is 0.822. The van der Waals surface area contributed by atoms with Crippen LogP contribution in [-0.2, 0) is 0 Å². The molecule has 1 N–H and O–H groups in total. The summed E-state index contributed by atoms with van der Waals surface area (Å²) in [5.41, 5.74) is 0. The number of anilines is 1. The molecule has 1 aromatic heterocycles. The molecule has 0 saturated heterocycles. The molecular weight excluding hydrogens is 241 g/mol. The molecule has 0 aromatic carbocycles. The predicted molar refractivity (Wildman–Crippen MR) is 64.4 cm³/mol. The van der Waals surface area contributed by atoms with Gasteiger partial charge in [0.2, 0.25) is 5.28 Å². The number of hydrogen-bond acceptors (Lipinski definition) is 3. The molecule has 92 valence electrons. The van der Waals surface area contributed by atoms with Crippen LogP contribution in [0.5, 0.6) is 0 Å². The first-order chi connectivity index (χ1) is 8.24. The van der Waals surface area contributed by atoms with Crippen molar-refractivity contribution in [2.75, 3.05) is 11.9 Å². The second-order valence-electron chi connectivity index (χ2n) is 5.06. The van der Waals surface area contributed by atoms with Crippen molar-refractivity contribution >= 4 is 17.4 Å². The Morgan fingerprint density at radius 3 is 2.59 bits per heavy atom. The molecule has 0 unspecified atom stereocenters. The molecular formula is C12H15ClFN3. The standard InChI is InChI=1S/C12H15ClFN3/c13-12-16-6-10(14)11(17-12)15-5-9(7-1-2-7)8-3-4-8/h6-9H,1-5H2,(H,15,16,17). The van der Waals surface area contributed by atoms with Crippen LogP contribution in [0.25, 0.3) is 0 Å². The molecule has 1 aromatic rings. The predicted octanol–water partition coefficient (Wildman–Crippen LogP) is 3.12. The van der Waals surface area contributed by atoms with Crippen molar-refractivity contribution in [1.29, 1.82) is 0 Å². The lowest BCUT2D eigenvalue weighted by Crippen LogP contribution is -2.19. The van der Waals surface area contributed by atoms with Gasteiger partial charge in [-0.15, -0.1) is 0 Å². The maximum Gasteiger partial charge on any atom is 0.224 e. The van der Waals surface area contributed by atoms with Crippen LogP contribution in [0.1, 0.15) is 25.7 Å². The monoisotopic (exact) mass is 255 g/mol. The third kappa shape index (κ3) is 2.68. The molecule has 0 spiro atoms. The van der Waals surface area contributed by atoms with Gasteiger partial charge in [0.25, 0.3) is 0 Å². The van der Waals surface area contributed by atoms with Gasteiger partial charge in [-0.25, -0.2) is 9.37 Å². The van der Waals surface area contributed by atoms with E-state index in [0.717, 1.165) is 24.6 Å². The van der Waals surface area contributed by atoms with Crippen LogP contribution >= 0.6 is 11.6 Å². The van der Waals surface area contributed by atoms with E-state index < -0.39 is 5.82 Å². The van der Waals surface area contributed by atoms with Crippen LogP contribution in [0, 0.1) is 23.6 Å². The second kappa shape index (κ2) is 4.41. The van der Waals surface area contributed by atoms with E-state index in [2.05, 4.69) is 15.3 Å². The molecule has 2 saturated carbocycles. The van der Waals surface area contributed by atoms with Crippen molar-refractivity contribution in [2.45, 2.75) is 25.7 Å². The average molecular weight is 256 g/mol. The van der Waals surface area contributed by atoms with Gasteiger partial charge in [-0.05, 0) is 55.0 Å². The van der Waals surface area contributed by atoms with Gasteiger partial charge in [0.05, 0.1) is 6.20 Å². The largest absolute Gasteiger partial charge is 0.367 e. The normalized spacial score (nSPS) is 19.7. The smallest absolute Gasteiger partial charge is 0.224 e. The second-order valence-corrected chi connectivity index (χ2v) is 5.39. The zero-order valence-electron chi connectivity index (χ0n) is 9.50. The topological polar surface area (TPSA) is 37.8 Å². The minimum Gasteiger partial charge on any atom is -0.367 e. The highest BCUT2D eigenvalue weighted by molar-refractivity contribution is 6.28. The Bertz CT molecular complexity index is 406. The van der Waals surface area contributed by atoms with Crippen molar-refractivity contribution < 1.29 is 4.39 Å². The van der Waals surface area contributed by atoms with E-state index in [1.54, 1.807) is 0 Å². The molecule has 3 rings (SSSR count). The zero-order chi connectivity index (χ0) is 11.8. The molecule has 2 fully saturated rings. The van der Waals surface area contributed by atoms with Gasteiger partial charge in [0, 0.05) is 6.54 Å². The molecule has 2 aliphatic carbocycles. The Balaban J connectivity index is 1.63. The summed E-state index contributed by atoms with van der Waals surface area (Å²) in [5.74, 6) is 2.17. The van der Waals surface area contributed by atoms with Gasteiger partial charge in [0.1, 0.15) is 0 Å². The maximum absolute atomic E-state index is 13.4. The maximum atomic E-state index is 13.4. The lowest BCUT2D eigenvalue weighted by molar-refractivity contribution is 0.426. The van der Waals surface area contributed by atoms with Gasteiger partial charge in [-0.2, -0.15) is 4.98 Å². The highest BCUT2D eigenvalue weighted by Gasteiger charge is 2.41. The third-order valence-electron chi connectivity index (χ3n) is 3.67. The fraction of sp³-hybridized carbons (Fsp3) is 0.667. The molecule has 5 heteroatoms. The number of nitrogens with zero attached hydrogens (tertiary/aromatic N) is 2. The number of halogens is 2. The molecule has 17 heavy (non-hydrogen) atoms. The molecule has 2 aliphatic rings. The average Bonchev–Trinajstić information content (AvgIpc) is 3.14. The molecule has 1 heterocycles. The summed E-state index contributed by atoms with van der Waals surface area (Å²) >= 11 is 5.65. The summed E-state index contributed by atoms with van der Waals surface area (Å²) in [7, 11) is 0. The van der Waals surface area contributed by atoms with Gasteiger partial charge in [-0.3, -0.25) is 0 Å². The fourth-order valence-corrected chi connectivity index (χ4v) is 2.58. The third-order valence-corrected chi connectivity index (χ3v) is 3.86. The summed E-state index contributed by atoms with van der Waals surface area (Å²) in [5, 5.41) is 3.17. The Hall–Kier alpha value is -0.900. The zero-order valence-corrected chi connectivity index (χ0v) is 10.3. The first-order valence-electron chi connectivity index (χ1n) is 6.16. The number of hydrogen-bond donors (Lipinski definition) is 1. The summed E-state index contributed by atoms with van der Waals surface area (Å²) in [6, 6.07) is 0. The number of aromatic nitrogens is 2. The van der Waals surface area contributed by atoms with E-state index in [1.165, 1.54) is 25.7 Å². The van der Waals surface area contributed by atoms with Crippen molar-refractivity contribution in [3.63, 3.8) is 0 Å². The minimum atomic E-state index is -0.431. The van der Waals surface area contributed by atoms with E-state index in [4.69, 9.17) is 11.6 Å². The molecule has 0 aliphatic heterocycles. The van der Waals surface area contributed by atoms with Crippen LogP contribution in [-0.4, -0.2) is 16.5 Å². The van der Waals surface area contributed by atoms with E-state index >= 15 is 0 Å². The van der Waals surface area contributed by atoms with E-state index in [-0.39, 0.29) is 11.1 Å². The van der Waals surface area contributed by atoms with Gasteiger partial charge in [0.15, 0.2) is 11.6 Å². The van der Waals surface area contributed by atoms with E-state index in [1.807, 2.05) is 0 Å². The number of nitrogens with one attached hydrogen (secondary N) is 1. The minimum absolute atomic E-state index is 0.0864. The Morgan fingerprint density at radius 1 is 1.35 bits per heavy atom. The van der Waals surface area contributed by atoms with Gasteiger partial charge in [-0.1, -0.05) is 0 Å². The summed E-state index contributed by atoms with van der Waals surface area (Å²) in [6.07, 6.45) is 6.43. The van der Waals surface area contributed by atoms with Gasteiger partial charge >= 0.3 is 0 Å². The lowest BCUT2D eigenvalue weighted by atomic mass is 9.98. The molecule has 3 nitrogen and oxygen atoms in total.